The maximum atomic E-state index is 2.45. The van der Waals surface area contributed by atoms with Crippen LogP contribution in [0.1, 0.15) is 31.9 Å². The van der Waals surface area contributed by atoms with Crippen molar-refractivity contribution in [3.63, 3.8) is 0 Å². The Balaban J connectivity index is 0.000000114. The minimum atomic E-state index is 0.0318. The molecule has 129 heavy (non-hydrogen) atoms. The molecule has 0 bridgehead atoms. The highest BCUT2D eigenvalue weighted by atomic mass is 14.3. The molecular weight excluding hydrogens is 1550 g/mol. The first-order valence-electron chi connectivity index (χ1n) is 45.0. The Kier molecular flexibility index (Phi) is 20.6. The quantitative estimate of drug-likeness (QED) is 0.113. The van der Waals surface area contributed by atoms with E-state index in [1.54, 1.807) is 0 Å². The van der Waals surface area contributed by atoms with Crippen LogP contribution in [0.4, 0.5) is 0 Å². The molecule has 0 aliphatic heterocycles. The molecular formula is C129H92. The molecule has 0 aliphatic rings. The summed E-state index contributed by atoms with van der Waals surface area (Å²) in [6.07, 6.45) is 0. The van der Waals surface area contributed by atoms with Gasteiger partial charge in [-0.05, 0) is 303 Å². The Bertz CT molecular complexity index is 8410. The van der Waals surface area contributed by atoms with Crippen LogP contribution in [0.3, 0.4) is 0 Å². The molecule has 0 fully saturated rings. The fraction of sp³-hybridized carbons (Fsp3) is 0.0388. The van der Waals surface area contributed by atoms with Gasteiger partial charge in [0.15, 0.2) is 0 Å². The lowest BCUT2D eigenvalue weighted by atomic mass is 9.80. The van der Waals surface area contributed by atoms with Gasteiger partial charge in [-0.15, -0.1) is 0 Å². The van der Waals surface area contributed by atoms with Crippen molar-refractivity contribution in [2.75, 3.05) is 0 Å². The third-order valence-corrected chi connectivity index (χ3v) is 26.3. The second-order valence-electron chi connectivity index (χ2n) is 35.4. The van der Waals surface area contributed by atoms with Gasteiger partial charge in [0.2, 0.25) is 0 Å². The molecule has 0 radical (unpaired) electrons. The fourth-order valence-electron chi connectivity index (χ4n) is 19.8. The van der Waals surface area contributed by atoms with Gasteiger partial charge in [-0.2, -0.15) is 0 Å². The van der Waals surface area contributed by atoms with Crippen molar-refractivity contribution in [2.24, 2.45) is 0 Å². The highest BCUT2D eigenvalue weighted by Gasteiger charge is 2.25. The molecule has 24 aromatic carbocycles. The largest absolute Gasteiger partial charge is 0.0622 e. The summed E-state index contributed by atoms with van der Waals surface area (Å²) in [5.74, 6) is 0. The van der Waals surface area contributed by atoms with Gasteiger partial charge in [-0.25, -0.2) is 0 Å². The van der Waals surface area contributed by atoms with Crippen molar-refractivity contribution in [3.8, 4) is 122 Å². The Morgan fingerprint density at radius 1 is 0.124 bits per heavy atom. The van der Waals surface area contributed by atoms with E-state index in [2.05, 4.69) is 513 Å². The minimum absolute atomic E-state index is 0.0318. The fourth-order valence-corrected chi connectivity index (χ4v) is 19.8. The predicted molar refractivity (Wildman–Crippen MR) is 558 cm³/mol. The van der Waals surface area contributed by atoms with Gasteiger partial charge in [0.05, 0.1) is 0 Å². The van der Waals surface area contributed by atoms with Crippen molar-refractivity contribution in [1.82, 2.24) is 0 Å². The zero-order valence-electron chi connectivity index (χ0n) is 72.7. The molecule has 0 nitrogen and oxygen atoms in total. The van der Waals surface area contributed by atoms with Crippen LogP contribution in [-0.4, -0.2) is 0 Å². The molecule has 24 rings (SSSR count). The topological polar surface area (TPSA) is 0 Å². The molecule has 0 heteroatoms. The Hall–Kier alpha value is -16.1. The van der Waals surface area contributed by atoms with Crippen LogP contribution < -0.4 is 0 Å². The van der Waals surface area contributed by atoms with Gasteiger partial charge in [-0.3, -0.25) is 0 Å². The number of hydrogen-bond acceptors (Lipinski definition) is 0. The molecule has 0 saturated heterocycles. The highest BCUT2D eigenvalue weighted by Crippen LogP contribution is 2.51. The summed E-state index contributed by atoms with van der Waals surface area (Å²) in [6, 6.07) is 178. The van der Waals surface area contributed by atoms with Crippen molar-refractivity contribution in [2.45, 2.75) is 33.1 Å². The van der Waals surface area contributed by atoms with E-state index in [9.17, 15) is 0 Å². The van der Waals surface area contributed by atoms with Crippen LogP contribution in [0.15, 0.2) is 485 Å². The normalized spacial score (nSPS) is 11.6. The van der Waals surface area contributed by atoms with E-state index in [4.69, 9.17) is 0 Å². The van der Waals surface area contributed by atoms with E-state index in [0.717, 1.165) is 0 Å². The van der Waals surface area contributed by atoms with Crippen molar-refractivity contribution in [3.05, 3.63) is 496 Å². The molecule has 608 valence electrons. The molecule has 24 aromatic rings. The van der Waals surface area contributed by atoms with Crippen molar-refractivity contribution in [1.29, 1.82) is 0 Å². The van der Waals surface area contributed by atoms with Gasteiger partial charge in [0.1, 0.15) is 0 Å². The van der Waals surface area contributed by atoms with Crippen LogP contribution in [0.5, 0.6) is 0 Å². The first-order valence-corrected chi connectivity index (χ1v) is 45.0. The number of hydrogen-bond donors (Lipinski definition) is 0. The Labute approximate surface area is 754 Å². The summed E-state index contributed by atoms with van der Waals surface area (Å²) in [4.78, 5) is 0. The highest BCUT2D eigenvalue weighted by molar-refractivity contribution is 6.26. The lowest BCUT2D eigenvalue weighted by molar-refractivity contribution is 0.591. The molecule has 0 N–H and O–H groups in total. The molecule has 0 atom stereocenters. The Morgan fingerprint density at radius 3 is 0.698 bits per heavy atom. The summed E-state index contributed by atoms with van der Waals surface area (Å²) in [7, 11) is 0. The average Bonchev–Trinajstić information content (AvgIpc) is 0.746. The maximum Gasteiger partial charge on any atom is -0.00259 e. The average molecular weight is 1640 g/mol. The van der Waals surface area contributed by atoms with Crippen LogP contribution in [-0.2, 0) is 5.41 Å². The number of benzene rings is 24. The number of fused-ring (bicyclic) bond motifs is 10. The first-order chi connectivity index (χ1) is 63.5. The van der Waals surface area contributed by atoms with Crippen LogP contribution in [0.2, 0.25) is 0 Å². The second-order valence-corrected chi connectivity index (χ2v) is 35.4. The summed E-state index contributed by atoms with van der Waals surface area (Å²) >= 11 is 0. The zero-order valence-corrected chi connectivity index (χ0v) is 72.7. The second kappa shape index (κ2) is 33.7. The van der Waals surface area contributed by atoms with Crippen molar-refractivity contribution < 1.29 is 0 Å². The molecule has 0 heterocycles. The third-order valence-electron chi connectivity index (χ3n) is 26.3. The van der Waals surface area contributed by atoms with Gasteiger partial charge in [0.25, 0.3) is 0 Å². The smallest absolute Gasteiger partial charge is 0.00259 e. The summed E-state index contributed by atoms with van der Waals surface area (Å²) in [5, 5.41) is 25.4. The van der Waals surface area contributed by atoms with Gasteiger partial charge < -0.3 is 0 Å². The molecule has 0 aromatic heterocycles. The monoisotopic (exact) mass is 1640 g/mol. The number of aryl methyl sites for hydroxylation is 1. The van der Waals surface area contributed by atoms with E-state index in [1.165, 1.54) is 241 Å². The van der Waals surface area contributed by atoms with E-state index in [1.807, 2.05) is 0 Å². The van der Waals surface area contributed by atoms with E-state index >= 15 is 0 Å². The summed E-state index contributed by atoms with van der Waals surface area (Å²) < 4.78 is 0. The minimum Gasteiger partial charge on any atom is -0.0622 e. The van der Waals surface area contributed by atoms with E-state index < -0.39 is 0 Å². The Morgan fingerprint density at radius 2 is 0.341 bits per heavy atom. The summed E-state index contributed by atoms with van der Waals surface area (Å²) in [5.41, 5.74) is 30.1. The van der Waals surface area contributed by atoms with Crippen LogP contribution in [0, 0.1) is 6.92 Å². The first kappa shape index (κ1) is 78.8. The maximum absolute atomic E-state index is 2.45. The SMILES string of the molecule is CC(C)(C)c1ccc2c(-c3ccc4ccccc4c3)c3cc(-c4ccccc4)ccc3c(-c3ccc4ccccc4c3)c2c1.Cc1ccc2c(-c3ccc4ccccc4c3)c3cc(-c4ccccc4)ccc3c(-c3ccc4ccccc4c3)c2c1.c1ccc(-c2ccc(-c3c4ccccc4c(-c4cccc(-c5ccccc5)c4)c4ccc(-c5ccccc5)cc34)cc2)cc1. The van der Waals surface area contributed by atoms with Crippen LogP contribution in [0.25, 0.3) is 230 Å². The summed E-state index contributed by atoms with van der Waals surface area (Å²) in [6.45, 7) is 9.12. The van der Waals surface area contributed by atoms with Gasteiger partial charge in [0, 0.05) is 0 Å². The number of rotatable bonds is 11. The lowest BCUT2D eigenvalue weighted by Crippen LogP contribution is -2.10. The van der Waals surface area contributed by atoms with Gasteiger partial charge >= 0.3 is 0 Å². The lowest BCUT2D eigenvalue weighted by Gasteiger charge is -2.23. The zero-order chi connectivity index (χ0) is 86.5. The van der Waals surface area contributed by atoms with Gasteiger partial charge in [-0.1, -0.05) is 457 Å². The molecule has 0 aliphatic carbocycles. The third kappa shape index (κ3) is 15.2. The molecule has 0 saturated carbocycles. The predicted octanol–water partition coefficient (Wildman–Crippen LogP) is 36.5. The molecule has 0 amide bonds. The van der Waals surface area contributed by atoms with Crippen LogP contribution >= 0.6 is 0 Å². The van der Waals surface area contributed by atoms with Crippen molar-refractivity contribution >= 4 is 108 Å². The molecule has 0 spiro atoms. The van der Waals surface area contributed by atoms with E-state index in [-0.39, 0.29) is 5.41 Å². The van der Waals surface area contributed by atoms with E-state index in [0.29, 0.717) is 0 Å². The molecule has 0 unspecified atom stereocenters. The standard InChI is InChI=1S/C44H34.C44H30.C41H28/c1-44(2,3)37-22-24-39-41(28-37)43(36-20-18-31-14-8-10-16-33(31)26-36)38-23-21-34(29-11-5-4-6-12-29)27-40(38)42(39)35-19-17-30-13-7-9-15-32(30)25-35;1-4-13-31(14-5-1)34-23-25-35(26-24-34)43-39-21-10-11-22-40(39)44(38-20-12-19-36(29-38)32-15-6-2-7-16-32)41-28-27-37(30-42(41)43)33-17-8-3-9-18-33;1-27-15-21-36-38(23-27)40(34-18-16-29-11-5-7-13-31(29)24-34)37-22-20-33(28-9-3-2-4-10-28)26-39(37)41(36)35-19-17-30-12-6-8-14-32(30)25-35/h4-28H,1-3H3;1-30H;2-26H,1H3.